The third-order valence-electron chi connectivity index (χ3n) is 13.5. The number of anilines is 4. The average Bonchev–Trinajstić information content (AvgIpc) is 3.86. The lowest BCUT2D eigenvalue weighted by Gasteiger charge is -2.27. The van der Waals surface area contributed by atoms with E-state index in [0.29, 0.717) is 29.6 Å². The van der Waals surface area contributed by atoms with Crippen LogP contribution in [-0.2, 0) is 5.41 Å². The van der Waals surface area contributed by atoms with Gasteiger partial charge in [-0.15, -0.1) is 0 Å². The van der Waals surface area contributed by atoms with Crippen molar-refractivity contribution in [3.63, 3.8) is 0 Å². The number of hydrogen-bond acceptors (Lipinski definition) is 4. The van der Waals surface area contributed by atoms with Crippen LogP contribution in [0.2, 0.25) is 0 Å². The van der Waals surface area contributed by atoms with Crippen molar-refractivity contribution in [1.82, 2.24) is 9.55 Å². The van der Waals surface area contributed by atoms with Crippen LogP contribution in [0.25, 0.3) is 49.9 Å². The summed E-state index contributed by atoms with van der Waals surface area (Å²) in [7, 11) is 0. The summed E-state index contributed by atoms with van der Waals surface area (Å²) in [4.78, 5) is 9.47. The van der Waals surface area contributed by atoms with Gasteiger partial charge in [-0.05, 0) is 135 Å². The Bertz CT molecular complexity index is 3330. The highest BCUT2D eigenvalue weighted by atomic mass is 19.1. The molecule has 0 bridgehead atoms. The van der Waals surface area contributed by atoms with Crippen LogP contribution in [0.15, 0.2) is 158 Å². The molecule has 0 spiro atoms. The second-order valence-electron chi connectivity index (χ2n) is 20.2. The van der Waals surface area contributed by atoms with E-state index in [0.717, 1.165) is 67.6 Å². The Hall–Kier alpha value is -7.25. The normalized spacial score (nSPS) is 12.9. The third kappa shape index (κ3) is 8.18. The minimum Gasteiger partial charge on any atom is -0.457 e. The van der Waals surface area contributed by atoms with Gasteiger partial charge in [0.2, 0.25) is 0 Å². The van der Waals surface area contributed by atoms with Crippen molar-refractivity contribution in [2.45, 2.75) is 85.5 Å². The van der Waals surface area contributed by atoms with E-state index >= 15 is 0 Å². The molecule has 5 nitrogen and oxygen atoms in total. The molecule has 3 heterocycles. The first-order valence-corrected chi connectivity index (χ1v) is 23.8. The minimum atomic E-state index is -0.613. The standard InChI is InChI=1S/C61H58F2N4O/c1-37(2)40-30-52(38(3)4)60(53(31-40)39(5)6)42-28-46(65-36-66(57-21-15-14-20-56(57)65)54-18-12-10-16-49(54)41-26-44(62)33-45(63)27-41)34-48(29-42)68-47-22-23-51-50-17-11-13-19-55(50)67(58(51)35-47)59-32-43(24-25-64-59)61(7,8)9/h10-35,37-39H,36H2,1-9H3. The first kappa shape index (κ1) is 44.6. The Balaban J connectivity index is 1.15. The molecule has 9 aromatic rings. The van der Waals surface area contributed by atoms with Gasteiger partial charge in [0.1, 0.15) is 35.6 Å². The van der Waals surface area contributed by atoms with Gasteiger partial charge in [-0.2, -0.15) is 0 Å². The van der Waals surface area contributed by atoms with Crippen LogP contribution < -0.4 is 14.5 Å². The fourth-order valence-corrected chi connectivity index (χ4v) is 9.94. The molecule has 0 saturated carbocycles. The van der Waals surface area contributed by atoms with Gasteiger partial charge in [-0.1, -0.05) is 123 Å². The van der Waals surface area contributed by atoms with Crippen molar-refractivity contribution in [2.75, 3.05) is 16.5 Å². The van der Waals surface area contributed by atoms with Gasteiger partial charge in [-0.3, -0.25) is 4.57 Å². The van der Waals surface area contributed by atoms with Crippen LogP contribution in [0.4, 0.5) is 31.5 Å². The predicted molar refractivity (Wildman–Crippen MR) is 279 cm³/mol. The molecule has 1 aliphatic heterocycles. The smallest absolute Gasteiger partial charge is 0.137 e. The molecular formula is C61H58F2N4O. The molecule has 2 aromatic heterocycles. The zero-order valence-electron chi connectivity index (χ0n) is 40.4. The summed E-state index contributed by atoms with van der Waals surface area (Å²) in [6, 6.07) is 50.5. The highest BCUT2D eigenvalue weighted by Gasteiger charge is 2.31. The second-order valence-corrected chi connectivity index (χ2v) is 20.2. The molecule has 7 aromatic carbocycles. The van der Waals surface area contributed by atoms with Crippen LogP contribution in [-0.4, -0.2) is 16.2 Å². The zero-order valence-corrected chi connectivity index (χ0v) is 40.4. The molecular weight excluding hydrogens is 843 g/mol. The maximum Gasteiger partial charge on any atom is 0.137 e. The summed E-state index contributed by atoms with van der Waals surface area (Å²) in [5.74, 6) is 1.94. The van der Waals surface area contributed by atoms with Crippen molar-refractivity contribution in [2.24, 2.45) is 0 Å². The summed E-state index contributed by atoms with van der Waals surface area (Å²) in [6.45, 7) is 20.8. The zero-order chi connectivity index (χ0) is 47.6. The highest BCUT2D eigenvalue weighted by Crippen LogP contribution is 2.49. The molecule has 10 rings (SSSR count). The van der Waals surface area contributed by atoms with Gasteiger partial charge in [0.05, 0.1) is 28.1 Å². The van der Waals surface area contributed by atoms with Crippen molar-refractivity contribution in [3.8, 4) is 39.6 Å². The van der Waals surface area contributed by atoms with Crippen molar-refractivity contribution >= 4 is 44.6 Å². The van der Waals surface area contributed by atoms with Crippen LogP contribution in [0.1, 0.15) is 102 Å². The van der Waals surface area contributed by atoms with Crippen molar-refractivity contribution in [3.05, 3.63) is 192 Å². The quantitative estimate of drug-likeness (QED) is 0.137. The lowest BCUT2D eigenvalue weighted by molar-refractivity contribution is 0.483. The van der Waals surface area contributed by atoms with E-state index in [-0.39, 0.29) is 17.3 Å². The number of benzene rings is 7. The number of para-hydroxylation sites is 4. The topological polar surface area (TPSA) is 33.5 Å². The van der Waals surface area contributed by atoms with E-state index in [4.69, 9.17) is 9.72 Å². The SMILES string of the molecule is CC(C)c1cc(C(C)C)c(-c2cc(Oc3ccc4c5ccccc5n(-c5cc(C(C)(C)C)ccn5)c4c3)cc(N3CN(c4ccccc4-c4cc(F)cc(F)c4)c4ccccc43)c2)c(C(C)C)c1. The lowest BCUT2D eigenvalue weighted by atomic mass is 9.81. The van der Waals surface area contributed by atoms with Gasteiger partial charge in [0.15, 0.2) is 0 Å². The van der Waals surface area contributed by atoms with E-state index in [9.17, 15) is 8.78 Å². The van der Waals surface area contributed by atoms with E-state index in [2.05, 4.69) is 180 Å². The van der Waals surface area contributed by atoms with Crippen LogP contribution in [0.5, 0.6) is 11.5 Å². The molecule has 342 valence electrons. The molecule has 1 aliphatic rings. The van der Waals surface area contributed by atoms with Crippen LogP contribution in [0, 0.1) is 11.6 Å². The number of pyridine rings is 1. The number of nitrogens with zero attached hydrogens (tertiary/aromatic N) is 4. The number of hydrogen-bond donors (Lipinski definition) is 0. The van der Waals surface area contributed by atoms with Gasteiger partial charge in [0, 0.05) is 46.4 Å². The largest absolute Gasteiger partial charge is 0.457 e. The number of ether oxygens (including phenoxy) is 1. The predicted octanol–water partition coefficient (Wildman–Crippen LogP) is 17.5. The molecule has 0 N–H and O–H groups in total. The summed E-state index contributed by atoms with van der Waals surface area (Å²) in [6.07, 6.45) is 1.91. The molecule has 0 amide bonds. The van der Waals surface area contributed by atoms with Gasteiger partial charge >= 0.3 is 0 Å². The van der Waals surface area contributed by atoms with Crippen LogP contribution in [0.3, 0.4) is 0 Å². The molecule has 0 unspecified atom stereocenters. The number of rotatable bonds is 10. The summed E-state index contributed by atoms with van der Waals surface area (Å²) >= 11 is 0. The number of aromatic nitrogens is 2. The van der Waals surface area contributed by atoms with E-state index in [1.165, 1.54) is 39.9 Å². The molecule has 0 atom stereocenters. The Morgan fingerprint density at radius 1 is 0.544 bits per heavy atom. The average molecular weight is 901 g/mol. The fraction of sp³-hybridized carbons (Fsp3) is 0.230. The summed E-state index contributed by atoms with van der Waals surface area (Å²) in [5, 5.41) is 2.27. The van der Waals surface area contributed by atoms with E-state index in [1.807, 2.05) is 36.5 Å². The first-order valence-electron chi connectivity index (χ1n) is 23.8. The van der Waals surface area contributed by atoms with Crippen molar-refractivity contribution < 1.29 is 13.5 Å². The maximum atomic E-state index is 14.7. The molecule has 7 heteroatoms. The minimum absolute atomic E-state index is 0.0512. The monoisotopic (exact) mass is 900 g/mol. The van der Waals surface area contributed by atoms with E-state index in [1.54, 1.807) is 0 Å². The second kappa shape index (κ2) is 17.4. The summed E-state index contributed by atoms with van der Waals surface area (Å²) < 4.78 is 38.8. The Morgan fingerprint density at radius 2 is 1.18 bits per heavy atom. The summed E-state index contributed by atoms with van der Waals surface area (Å²) in [5.41, 5.74) is 14.5. The van der Waals surface area contributed by atoms with Gasteiger partial charge < -0.3 is 14.5 Å². The maximum absolute atomic E-state index is 14.7. The Kier molecular flexibility index (Phi) is 11.4. The van der Waals surface area contributed by atoms with Crippen molar-refractivity contribution in [1.29, 1.82) is 0 Å². The Morgan fingerprint density at radius 3 is 1.85 bits per heavy atom. The molecule has 68 heavy (non-hydrogen) atoms. The fourth-order valence-electron chi connectivity index (χ4n) is 9.94. The highest BCUT2D eigenvalue weighted by molar-refractivity contribution is 6.09. The number of fused-ring (bicyclic) bond motifs is 4. The first-order chi connectivity index (χ1) is 32.6. The molecule has 0 radical (unpaired) electrons. The van der Waals surface area contributed by atoms with Crippen LogP contribution >= 0.6 is 0 Å². The molecule has 0 fully saturated rings. The number of halogens is 2. The lowest BCUT2D eigenvalue weighted by Crippen LogP contribution is -2.24. The third-order valence-corrected chi connectivity index (χ3v) is 13.5. The van der Waals surface area contributed by atoms with Gasteiger partial charge in [-0.25, -0.2) is 13.8 Å². The van der Waals surface area contributed by atoms with Gasteiger partial charge in [0.25, 0.3) is 0 Å². The van der Waals surface area contributed by atoms with E-state index < -0.39 is 11.6 Å². The molecule has 0 aliphatic carbocycles. The molecule has 0 saturated heterocycles. The Labute approximate surface area is 399 Å².